The molecule has 1 amide bonds. The molecule has 0 saturated heterocycles. The van der Waals surface area contributed by atoms with Crippen molar-refractivity contribution < 1.29 is 26.4 Å². The van der Waals surface area contributed by atoms with Gasteiger partial charge in [-0.25, -0.2) is 13.4 Å². The third-order valence-electron chi connectivity index (χ3n) is 3.32. The molecular weight excluding hydrogens is 391 g/mol. The molecule has 2 aromatic heterocycles. The van der Waals surface area contributed by atoms with Crippen molar-refractivity contribution in [2.24, 2.45) is 0 Å². The van der Waals surface area contributed by atoms with Gasteiger partial charge in [0.05, 0.1) is 20.7 Å². The number of carbonyl (C=O) groups excluding carboxylic acids is 1. The Hall–Kier alpha value is -2.53. The van der Waals surface area contributed by atoms with Crippen molar-refractivity contribution in [3.63, 3.8) is 0 Å². The Bertz CT molecular complexity index is 1090. The number of fused-ring (bicyclic) bond motifs is 1. The van der Waals surface area contributed by atoms with Crippen LogP contribution in [0.2, 0.25) is 0 Å². The molecule has 11 heteroatoms. The van der Waals surface area contributed by atoms with E-state index in [1.165, 1.54) is 18.2 Å². The number of hydrogen-bond donors (Lipinski definition) is 1. The van der Waals surface area contributed by atoms with Crippen molar-refractivity contribution in [3.8, 4) is 0 Å². The van der Waals surface area contributed by atoms with Crippen LogP contribution in [0.25, 0.3) is 10.2 Å². The fourth-order valence-corrected chi connectivity index (χ4v) is 3.68. The topological polar surface area (TPSA) is 89.0 Å². The number of alkyl halides is 3. The summed E-state index contributed by atoms with van der Waals surface area (Å²) >= 11 is 1.05. The summed E-state index contributed by atoms with van der Waals surface area (Å²) in [4.78, 5) is 19.6. The highest BCUT2D eigenvalue weighted by atomic mass is 32.2. The number of sulfone groups is 1. The number of pyridine rings is 1. The summed E-state index contributed by atoms with van der Waals surface area (Å²) < 4.78 is 61.2. The van der Waals surface area contributed by atoms with Gasteiger partial charge >= 0.3 is 6.18 Å². The Morgan fingerprint density at radius 2 is 1.92 bits per heavy atom. The van der Waals surface area contributed by atoms with E-state index in [0.717, 1.165) is 29.9 Å². The van der Waals surface area contributed by atoms with Crippen molar-refractivity contribution in [2.75, 3.05) is 11.6 Å². The second kappa shape index (κ2) is 6.32. The minimum Gasteiger partial charge on any atom is -0.298 e. The second-order valence-electron chi connectivity index (χ2n) is 5.30. The van der Waals surface area contributed by atoms with E-state index in [1.54, 1.807) is 0 Å². The highest BCUT2D eigenvalue weighted by molar-refractivity contribution is 7.90. The molecule has 0 saturated carbocycles. The molecule has 0 aliphatic heterocycles. The van der Waals surface area contributed by atoms with Crippen molar-refractivity contribution in [1.82, 2.24) is 9.97 Å². The zero-order chi connectivity index (χ0) is 19.1. The smallest absolute Gasteiger partial charge is 0.298 e. The summed E-state index contributed by atoms with van der Waals surface area (Å²) in [6.07, 6.45) is -2.68. The van der Waals surface area contributed by atoms with Crippen LogP contribution in [0.1, 0.15) is 16.1 Å². The lowest BCUT2D eigenvalue weighted by atomic mass is 10.2. The van der Waals surface area contributed by atoms with Gasteiger partial charge in [0, 0.05) is 12.5 Å². The van der Waals surface area contributed by atoms with Crippen LogP contribution < -0.4 is 5.32 Å². The maximum atomic E-state index is 12.5. The first kappa shape index (κ1) is 18.3. The number of amides is 1. The van der Waals surface area contributed by atoms with E-state index in [9.17, 15) is 26.4 Å². The summed E-state index contributed by atoms with van der Waals surface area (Å²) in [6.45, 7) is 0. The molecule has 0 bridgehead atoms. The number of aromatic nitrogens is 2. The first-order chi connectivity index (χ1) is 12.0. The molecule has 0 aliphatic rings. The van der Waals surface area contributed by atoms with Crippen LogP contribution in [-0.4, -0.2) is 30.5 Å². The molecule has 2 heterocycles. The number of hydrogen-bond acceptors (Lipinski definition) is 6. The number of anilines is 1. The number of benzene rings is 1. The SMILES string of the molecule is CS(=O)(=O)c1ccc2nc(NC(=O)c3ccc(C(F)(F)F)nc3)sc2c1. The summed E-state index contributed by atoms with van der Waals surface area (Å²) in [7, 11) is -3.38. The zero-order valence-corrected chi connectivity index (χ0v) is 14.7. The van der Waals surface area contributed by atoms with Crippen LogP contribution in [0, 0.1) is 0 Å². The van der Waals surface area contributed by atoms with Crippen LogP contribution in [0.5, 0.6) is 0 Å². The first-order valence-corrected chi connectivity index (χ1v) is 9.70. The quantitative estimate of drug-likeness (QED) is 0.727. The predicted octanol–water partition coefficient (Wildman–Crippen LogP) is 3.37. The molecule has 1 aromatic carbocycles. The molecule has 6 nitrogen and oxygen atoms in total. The normalized spacial score (nSPS) is 12.3. The summed E-state index contributed by atoms with van der Waals surface area (Å²) in [5.74, 6) is -0.673. The van der Waals surface area contributed by atoms with Gasteiger partial charge in [0.15, 0.2) is 15.0 Å². The van der Waals surface area contributed by atoms with E-state index in [1.807, 2.05) is 0 Å². The van der Waals surface area contributed by atoms with Crippen LogP contribution in [0.15, 0.2) is 41.4 Å². The van der Waals surface area contributed by atoms with E-state index in [4.69, 9.17) is 0 Å². The minimum absolute atomic E-state index is 0.0610. The van der Waals surface area contributed by atoms with Gasteiger partial charge in [0.2, 0.25) is 0 Å². The molecule has 136 valence electrons. The maximum Gasteiger partial charge on any atom is 0.433 e. The van der Waals surface area contributed by atoms with Crippen LogP contribution in [-0.2, 0) is 16.0 Å². The minimum atomic E-state index is -4.58. The Balaban J connectivity index is 1.83. The van der Waals surface area contributed by atoms with E-state index < -0.39 is 27.6 Å². The molecule has 26 heavy (non-hydrogen) atoms. The van der Waals surface area contributed by atoms with Gasteiger partial charge in [-0.05, 0) is 30.3 Å². The second-order valence-corrected chi connectivity index (χ2v) is 8.35. The van der Waals surface area contributed by atoms with Crippen LogP contribution >= 0.6 is 11.3 Å². The van der Waals surface area contributed by atoms with Crippen LogP contribution in [0.3, 0.4) is 0 Å². The lowest BCUT2D eigenvalue weighted by Gasteiger charge is -2.06. The molecule has 0 unspecified atom stereocenters. The Morgan fingerprint density at radius 1 is 1.19 bits per heavy atom. The van der Waals surface area contributed by atoms with E-state index in [2.05, 4.69) is 15.3 Å². The number of halogens is 3. The fraction of sp³-hybridized carbons (Fsp3) is 0.133. The third-order valence-corrected chi connectivity index (χ3v) is 5.37. The van der Waals surface area contributed by atoms with E-state index in [0.29, 0.717) is 16.3 Å². The molecule has 0 fully saturated rings. The summed E-state index contributed by atoms with van der Waals surface area (Å²) in [6, 6.07) is 6.09. The van der Waals surface area contributed by atoms with Gasteiger partial charge in [-0.2, -0.15) is 13.2 Å². The molecular formula is C15H10F3N3O3S2. The molecule has 0 spiro atoms. The average Bonchev–Trinajstić information content (AvgIpc) is 2.94. The van der Waals surface area contributed by atoms with Gasteiger partial charge in [-0.15, -0.1) is 0 Å². The number of rotatable bonds is 3. The van der Waals surface area contributed by atoms with Gasteiger partial charge in [-0.1, -0.05) is 11.3 Å². The lowest BCUT2D eigenvalue weighted by molar-refractivity contribution is -0.141. The van der Waals surface area contributed by atoms with Crippen molar-refractivity contribution >= 4 is 42.4 Å². The highest BCUT2D eigenvalue weighted by Crippen LogP contribution is 2.29. The molecule has 1 N–H and O–H groups in total. The average molecular weight is 401 g/mol. The molecule has 3 rings (SSSR count). The first-order valence-electron chi connectivity index (χ1n) is 6.99. The largest absolute Gasteiger partial charge is 0.433 e. The number of nitrogens with one attached hydrogen (secondary N) is 1. The zero-order valence-electron chi connectivity index (χ0n) is 13.0. The molecule has 0 atom stereocenters. The number of carbonyl (C=O) groups is 1. The fourth-order valence-electron chi connectivity index (χ4n) is 2.05. The number of thiazole rings is 1. The van der Waals surface area contributed by atoms with Crippen molar-refractivity contribution in [1.29, 1.82) is 0 Å². The summed E-state index contributed by atoms with van der Waals surface area (Å²) in [5, 5.41) is 2.65. The third kappa shape index (κ3) is 3.83. The molecule has 0 radical (unpaired) electrons. The van der Waals surface area contributed by atoms with Gasteiger partial charge in [0.1, 0.15) is 5.69 Å². The van der Waals surface area contributed by atoms with Gasteiger partial charge in [-0.3, -0.25) is 15.1 Å². The highest BCUT2D eigenvalue weighted by Gasteiger charge is 2.32. The Morgan fingerprint density at radius 3 is 2.50 bits per heavy atom. The molecule has 3 aromatic rings. The predicted molar refractivity (Wildman–Crippen MR) is 89.9 cm³/mol. The standard InChI is InChI=1S/C15H10F3N3O3S2/c1-26(23,24)9-3-4-10-11(6-9)25-14(20-10)21-13(22)8-2-5-12(19-7-8)15(16,17)18/h2-7H,1H3,(H,20,21,22). The van der Waals surface area contributed by atoms with Gasteiger partial charge < -0.3 is 0 Å². The Labute approximate surface area is 149 Å². The van der Waals surface area contributed by atoms with E-state index >= 15 is 0 Å². The van der Waals surface area contributed by atoms with Crippen molar-refractivity contribution in [3.05, 3.63) is 47.8 Å². The monoisotopic (exact) mass is 401 g/mol. The van der Waals surface area contributed by atoms with Crippen molar-refractivity contribution in [2.45, 2.75) is 11.1 Å². The number of nitrogens with zero attached hydrogens (tertiary/aromatic N) is 2. The van der Waals surface area contributed by atoms with E-state index in [-0.39, 0.29) is 15.6 Å². The lowest BCUT2D eigenvalue weighted by Crippen LogP contribution is -2.14. The molecule has 0 aliphatic carbocycles. The van der Waals surface area contributed by atoms with Crippen LogP contribution in [0.4, 0.5) is 18.3 Å². The maximum absolute atomic E-state index is 12.5. The van der Waals surface area contributed by atoms with Gasteiger partial charge in [0.25, 0.3) is 5.91 Å². The summed E-state index contributed by atoms with van der Waals surface area (Å²) in [5.41, 5.74) is -0.667. The Kier molecular flexibility index (Phi) is 4.44.